The van der Waals surface area contributed by atoms with Gasteiger partial charge in [-0.2, -0.15) is 0 Å². The number of thiophene rings is 1. The molecule has 4 rings (SSSR count). The summed E-state index contributed by atoms with van der Waals surface area (Å²) >= 11 is 2.88. The van der Waals surface area contributed by atoms with Crippen LogP contribution in [0.2, 0.25) is 0 Å². The van der Waals surface area contributed by atoms with Crippen molar-refractivity contribution in [1.82, 2.24) is 9.97 Å². The van der Waals surface area contributed by atoms with Crippen LogP contribution < -0.4 is 10.9 Å². The lowest BCUT2D eigenvalue weighted by atomic mass is 10.1. The third-order valence-electron chi connectivity index (χ3n) is 3.34. The standard InChI is InChI=1S/C15H9N3O2S2/c19-13(18-15-16-4-6-22-15)8-1-2-9-11(7-8)17-14(20)10-3-5-21-12(9)10/h1-7H,(H,17,20)(H,16,18,19). The number of carbonyl (C=O) groups excluding carboxylic acids is 1. The van der Waals surface area contributed by atoms with E-state index in [1.54, 1.807) is 29.8 Å². The fraction of sp³-hybridized carbons (Fsp3) is 0. The number of carbonyl (C=O) groups is 1. The molecule has 7 heteroatoms. The molecule has 3 heterocycles. The normalized spacial score (nSPS) is 11.1. The van der Waals surface area contributed by atoms with Crippen LogP contribution in [-0.4, -0.2) is 15.9 Å². The van der Waals surface area contributed by atoms with Gasteiger partial charge in [0.15, 0.2) is 5.13 Å². The molecule has 0 aliphatic heterocycles. The highest BCUT2D eigenvalue weighted by molar-refractivity contribution is 7.18. The number of anilines is 1. The second kappa shape index (κ2) is 5.04. The molecular formula is C15H9N3O2S2. The molecule has 1 amide bonds. The van der Waals surface area contributed by atoms with Crippen LogP contribution >= 0.6 is 22.7 Å². The molecule has 0 fully saturated rings. The lowest BCUT2D eigenvalue weighted by molar-refractivity contribution is 0.102. The number of fused-ring (bicyclic) bond motifs is 3. The van der Waals surface area contributed by atoms with Crippen molar-refractivity contribution < 1.29 is 4.79 Å². The number of amides is 1. The summed E-state index contributed by atoms with van der Waals surface area (Å²) in [5, 5.41) is 8.58. The van der Waals surface area contributed by atoms with Crippen LogP contribution in [0.15, 0.2) is 46.0 Å². The third-order valence-corrected chi connectivity index (χ3v) is 4.97. The number of hydrogen-bond acceptors (Lipinski definition) is 5. The molecule has 0 aliphatic rings. The fourth-order valence-corrected chi connectivity index (χ4v) is 3.78. The number of H-pyrrole nitrogens is 1. The molecule has 0 radical (unpaired) electrons. The van der Waals surface area contributed by atoms with Crippen LogP contribution in [0.25, 0.3) is 21.0 Å². The van der Waals surface area contributed by atoms with E-state index in [9.17, 15) is 9.59 Å². The van der Waals surface area contributed by atoms with Crippen molar-refractivity contribution in [1.29, 1.82) is 0 Å². The molecule has 0 saturated carbocycles. The summed E-state index contributed by atoms with van der Waals surface area (Å²) < 4.78 is 0.936. The minimum absolute atomic E-state index is 0.138. The van der Waals surface area contributed by atoms with Gasteiger partial charge >= 0.3 is 0 Å². The topological polar surface area (TPSA) is 74.8 Å². The van der Waals surface area contributed by atoms with E-state index in [-0.39, 0.29) is 11.5 Å². The average molecular weight is 327 g/mol. The highest BCUT2D eigenvalue weighted by Gasteiger charge is 2.11. The van der Waals surface area contributed by atoms with E-state index in [0.717, 1.165) is 10.1 Å². The van der Waals surface area contributed by atoms with E-state index in [2.05, 4.69) is 15.3 Å². The highest BCUT2D eigenvalue weighted by atomic mass is 32.1. The summed E-state index contributed by atoms with van der Waals surface area (Å²) in [6, 6.07) is 7.11. The summed E-state index contributed by atoms with van der Waals surface area (Å²) in [5.74, 6) is -0.246. The van der Waals surface area contributed by atoms with Gasteiger partial charge in [0.25, 0.3) is 11.5 Å². The van der Waals surface area contributed by atoms with Crippen molar-refractivity contribution in [3.05, 3.63) is 57.1 Å². The summed E-state index contributed by atoms with van der Waals surface area (Å²) in [6.07, 6.45) is 1.63. The van der Waals surface area contributed by atoms with Gasteiger partial charge in [-0.15, -0.1) is 22.7 Å². The molecule has 0 aliphatic carbocycles. The molecule has 0 saturated heterocycles. The maximum atomic E-state index is 12.2. The number of hydrogen-bond donors (Lipinski definition) is 2. The number of rotatable bonds is 2. The van der Waals surface area contributed by atoms with E-state index >= 15 is 0 Å². The number of nitrogens with one attached hydrogen (secondary N) is 2. The zero-order valence-corrected chi connectivity index (χ0v) is 12.8. The summed E-state index contributed by atoms with van der Waals surface area (Å²) in [6.45, 7) is 0. The Kier molecular flexibility index (Phi) is 3.02. The van der Waals surface area contributed by atoms with Gasteiger partial charge in [-0.1, -0.05) is 6.07 Å². The monoisotopic (exact) mass is 327 g/mol. The van der Waals surface area contributed by atoms with Gasteiger partial charge in [-0.3, -0.25) is 14.9 Å². The molecule has 4 aromatic rings. The Bertz CT molecular complexity index is 1050. The first-order chi connectivity index (χ1) is 10.7. The Morgan fingerprint density at radius 1 is 1.14 bits per heavy atom. The highest BCUT2D eigenvalue weighted by Crippen LogP contribution is 2.26. The molecule has 22 heavy (non-hydrogen) atoms. The Balaban J connectivity index is 1.82. The molecule has 0 atom stereocenters. The fourth-order valence-electron chi connectivity index (χ4n) is 2.33. The molecule has 108 valence electrons. The van der Waals surface area contributed by atoms with E-state index in [1.807, 2.05) is 11.4 Å². The first-order valence-electron chi connectivity index (χ1n) is 6.46. The van der Waals surface area contributed by atoms with Crippen molar-refractivity contribution >= 4 is 54.7 Å². The van der Waals surface area contributed by atoms with Crippen LogP contribution in [-0.2, 0) is 0 Å². The van der Waals surface area contributed by atoms with E-state index in [4.69, 9.17) is 0 Å². The van der Waals surface area contributed by atoms with Crippen molar-refractivity contribution in [3.63, 3.8) is 0 Å². The number of nitrogens with zero attached hydrogens (tertiary/aromatic N) is 1. The van der Waals surface area contributed by atoms with Crippen LogP contribution in [0.5, 0.6) is 0 Å². The number of aromatic nitrogens is 2. The Labute approximate surface area is 132 Å². The second-order valence-electron chi connectivity index (χ2n) is 4.67. The summed E-state index contributed by atoms with van der Waals surface area (Å²) in [7, 11) is 0. The van der Waals surface area contributed by atoms with Crippen LogP contribution in [0.3, 0.4) is 0 Å². The van der Waals surface area contributed by atoms with Crippen molar-refractivity contribution in [2.45, 2.75) is 0 Å². The molecule has 3 aromatic heterocycles. The molecule has 5 nitrogen and oxygen atoms in total. The zero-order chi connectivity index (χ0) is 15.1. The number of pyridine rings is 1. The van der Waals surface area contributed by atoms with Crippen LogP contribution in [0, 0.1) is 0 Å². The van der Waals surface area contributed by atoms with Crippen molar-refractivity contribution in [2.75, 3.05) is 5.32 Å². The summed E-state index contributed by atoms with van der Waals surface area (Å²) in [4.78, 5) is 31.1. The maximum absolute atomic E-state index is 12.2. The first kappa shape index (κ1) is 13.2. The van der Waals surface area contributed by atoms with Crippen LogP contribution in [0.4, 0.5) is 5.13 Å². The first-order valence-corrected chi connectivity index (χ1v) is 8.22. The van der Waals surface area contributed by atoms with Gasteiger partial charge < -0.3 is 4.98 Å². The lowest BCUT2D eigenvalue weighted by Crippen LogP contribution is -2.12. The number of aromatic amines is 1. The summed E-state index contributed by atoms with van der Waals surface area (Å²) in [5.41, 5.74) is 1.00. The molecule has 0 spiro atoms. The van der Waals surface area contributed by atoms with Gasteiger partial charge in [0.2, 0.25) is 0 Å². The van der Waals surface area contributed by atoms with Gasteiger partial charge in [-0.05, 0) is 23.6 Å². The predicted molar refractivity (Wildman–Crippen MR) is 90.0 cm³/mol. The SMILES string of the molecule is O=C(Nc1nccs1)c1ccc2c(c1)[nH]c(=O)c1ccsc12. The Morgan fingerprint density at radius 3 is 2.86 bits per heavy atom. The van der Waals surface area contributed by atoms with Crippen LogP contribution in [0.1, 0.15) is 10.4 Å². The van der Waals surface area contributed by atoms with Gasteiger partial charge in [0, 0.05) is 27.2 Å². The maximum Gasteiger partial charge on any atom is 0.257 e. The van der Waals surface area contributed by atoms with Crippen molar-refractivity contribution in [2.24, 2.45) is 0 Å². The Morgan fingerprint density at radius 2 is 2.05 bits per heavy atom. The molecule has 0 unspecified atom stereocenters. The van der Waals surface area contributed by atoms with Gasteiger partial charge in [-0.25, -0.2) is 4.98 Å². The molecule has 1 aromatic carbocycles. The minimum Gasteiger partial charge on any atom is -0.321 e. The second-order valence-corrected chi connectivity index (χ2v) is 6.48. The molecule has 2 N–H and O–H groups in total. The molecule has 0 bridgehead atoms. The molecular weight excluding hydrogens is 318 g/mol. The van der Waals surface area contributed by atoms with E-state index in [0.29, 0.717) is 21.6 Å². The average Bonchev–Trinajstić information content (AvgIpc) is 3.18. The lowest BCUT2D eigenvalue weighted by Gasteiger charge is -2.04. The van der Waals surface area contributed by atoms with Gasteiger partial charge in [0.1, 0.15) is 0 Å². The Hall–Kier alpha value is -2.51. The predicted octanol–water partition coefficient (Wildman–Crippen LogP) is 3.45. The zero-order valence-electron chi connectivity index (χ0n) is 11.1. The largest absolute Gasteiger partial charge is 0.321 e. The van der Waals surface area contributed by atoms with Crippen molar-refractivity contribution in [3.8, 4) is 0 Å². The van der Waals surface area contributed by atoms with Gasteiger partial charge in [0.05, 0.1) is 10.9 Å². The quantitative estimate of drug-likeness (QED) is 0.592. The van der Waals surface area contributed by atoms with E-state index in [1.165, 1.54) is 22.7 Å². The number of benzene rings is 1. The number of thiazole rings is 1. The van der Waals surface area contributed by atoms with E-state index < -0.39 is 0 Å². The smallest absolute Gasteiger partial charge is 0.257 e. The third kappa shape index (κ3) is 2.11. The minimum atomic E-state index is -0.246.